The maximum Gasteiger partial charge on any atom is 0.408 e. The standard InChI is InChI=1S/C48H71N5O9/c1-30(2)28-37(51-47(60)62-48(8,9)10)24-23-36(29-35-18-12-11-13-19-35)45(58)53-26-16-22-40(53)44(57)52-39(43(56)50-31(3)4)21-14-15-25-49-46(59)61-27-17-20-38-34(7)41(54)32(5)33(6)42(38)55/h11-13,18-19,23-24,30-31,36-37,39-40H,14-17,20-22,25-29H2,1-10H3,(H,49,59)(H,50,56)(H,51,60)(H,52,57)/b24-23+/t36-,37-,39+,40+/m1/s1. The average molecular weight is 862 g/mol. The van der Waals surface area contributed by atoms with Crippen LogP contribution in [-0.2, 0) is 39.9 Å². The van der Waals surface area contributed by atoms with Crippen LogP contribution in [0.15, 0.2) is 64.8 Å². The third-order valence-corrected chi connectivity index (χ3v) is 10.8. The molecule has 1 aliphatic carbocycles. The van der Waals surface area contributed by atoms with Crippen LogP contribution in [0.25, 0.3) is 0 Å². The molecule has 0 aromatic heterocycles. The van der Waals surface area contributed by atoms with Gasteiger partial charge in [0.2, 0.25) is 17.7 Å². The Bertz CT molecular complexity index is 1840. The van der Waals surface area contributed by atoms with Crippen LogP contribution < -0.4 is 21.3 Å². The molecule has 14 heteroatoms. The van der Waals surface area contributed by atoms with Crippen molar-refractivity contribution in [3.8, 4) is 0 Å². The zero-order valence-corrected chi connectivity index (χ0v) is 38.6. The van der Waals surface area contributed by atoms with Gasteiger partial charge in [-0.25, -0.2) is 9.59 Å². The highest BCUT2D eigenvalue weighted by atomic mass is 16.6. The first-order valence-electron chi connectivity index (χ1n) is 22.2. The van der Waals surface area contributed by atoms with Crippen LogP contribution in [0.1, 0.15) is 126 Å². The minimum Gasteiger partial charge on any atom is -0.450 e. The molecule has 0 radical (unpaired) electrons. The summed E-state index contributed by atoms with van der Waals surface area (Å²) in [4.78, 5) is 93.6. The summed E-state index contributed by atoms with van der Waals surface area (Å²) < 4.78 is 10.8. The van der Waals surface area contributed by atoms with Gasteiger partial charge in [0.05, 0.1) is 18.6 Å². The first kappa shape index (κ1) is 51.1. The third-order valence-electron chi connectivity index (χ3n) is 10.8. The van der Waals surface area contributed by atoms with Gasteiger partial charge in [0.15, 0.2) is 11.6 Å². The van der Waals surface area contributed by atoms with E-state index >= 15 is 0 Å². The quantitative estimate of drug-likeness (QED) is 0.0584. The minimum absolute atomic E-state index is 0.0727. The molecule has 0 unspecified atom stereocenters. The molecule has 1 aromatic carbocycles. The topological polar surface area (TPSA) is 189 Å². The van der Waals surface area contributed by atoms with Gasteiger partial charge in [-0.15, -0.1) is 0 Å². The van der Waals surface area contributed by atoms with Gasteiger partial charge < -0.3 is 35.6 Å². The number of allylic oxidation sites excluding steroid dienone is 4. The highest BCUT2D eigenvalue weighted by Gasteiger charge is 2.38. The lowest BCUT2D eigenvalue weighted by atomic mass is 9.84. The highest BCUT2D eigenvalue weighted by Crippen LogP contribution is 2.27. The molecule has 1 heterocycles. The molecule has 5 amide bonds. The molecule has 2 aliphatic rings. The molecule has 0 spiro atoms. The van der Waals surface area contributed by atoms with Crippen molar-refractivity contribution in [2.24, 2.45) is 11.8 Å². The molecule has 1 saturated heterocycles. The van der Waals surface area contributed by atoms with Crippen molar-refractivity contribution in [3.63, 3.8) is 0 Å². The summed E-state index contributed by atoms with van der Waals surface area (Å²) in [6.45, 7) is 18.9. The molecule has 62 heavy (non-hydrogen) atoms. The average Bonchev–Trinajstić information content (AvgIpc) is 3.69. The number of carbonyl (C=O) groups excluding carboxylic acids is 7. The number of likely N-dealkylation sites (tertiary alicyclic amines) is 1. The van der Waals surface area contributed by atoms with Crippen molar-refractivity contribution >= 4 is 41.5 Å². The van der Waals surface area contributed by atoms with Crippen molar-refractivity contribution in [1.82, 2.24) is 26.2 Å². The van der Waals surface area contributed by atoms with E-state index in [1.54, 1.807) is 46.4 Å². The Morgan fingerprint density at radius 2 is 1.52 bits per heavy atom. The number of ketones is 2. The lowest BCUT2D eigenvalue weighted by Crippen LogP contribution is -2.54. The molecule has 4 N–H and O–H groups in total. The van der Waals surface area contributed by atoms with Crippen molar-refractivity contribution < 1.29 is 43.0 Å². The van der Waals surface area contributed by atoms with Gasteiger partial charge in [-0.05, 0) is 125 Å². The number of ether oxygens (including phenoxy) is 2. The maximum atomic E-state index is 14.4. The number of alkyl carbamates (subject to hydrolysis) is 2. The van der Waals surface area contributed by atoms with E-state index in [0.717, 1.165) is 5.56 Å². The number of Topliss-reactive ketones (excluding diaryl/α,β-unsaturated/α-hetero) is 2. The molecule has 0 bridgehead atoms. The number of hydrogen-bond donors (Lipinski definition) is 4. The van der Waals surface area contributed by atoms with E-state index in [0.29, 0.717) is 86.6 Å². The molecular weight excluding hydrogens is 791 g/mol. The zero-order valence-electron chi connectivity index (χ0n) is 38.6. The predicted octanol–water partition coefficient (Wildman–Crippen LogP) is 6.82. The summed E-state index contributed by atoms with van der Waals surface area (Å²) in [5, 5.41) is 11.5. The summed E-state index contributed by atoms with van der Waals surface area (Å²) in [7, 11) is 0. The van der Waals surface area contributed by atoms with Gasteiger partial charge >= 0.3 is 12.2 Å². The summed E-state index contributed by atoms with van der Waals surface area (Å²) >= 11 is 0. The van der Waals surface area contributed by atoms with Crippen molar-refractivity contribution in [2.45, 2.75) is 157 Å². The van der Waals surface area contributed by atoms with E-state index in [9.17, 15) is 33.6 Å². The van der Waals surface area contributed by atoms with Crippen LogP contribution in [0.2, 0.25) is 0 Å². The number of benzene rings is 1. The summed E-state index contributed by atoms with van der Waals surface area (Å²) in [6.07, 6.45) is 6.63. The predicted molar refractivity (Wildman–Crippen MR) is 239 cm³/mol. The fourth-order valence-electron chi connectivity index (χ4n) is 7.55. The zero-order chi connectivity index (χ0) is 46.1. The molecule has 14 nitrogen and oxygen atoms in total. The van der Waals surface area contributed by atoms with Crippen molar-refractivity contribution in [2.75, 3.05) is 19.7 Å². The van der Waals surface area contributed by atoms with Gasteiger partial charge in [-0.2, -0.15) is 0 Å². The van der Waals surface area contributed by atoms with E-state index in [1.807, 2.05) is 56.3 Å². The van der Waals surface area contributed by atoms with Gasteiger partial charge in [-0.1, -0.05) is 56.3 Å². The Hall–Kier alpha value is -5.27. The minimum atomic E-state index is -0.862. The first-order valence-corrected chi connectivity index (χ1v) is 22.2. The smallest absolute Gasteiger partial charge is 0.408 e. The molecule has 1 aliphatic heterocycles. The first-order chi connectivity index (χ1) is 29.2. The number of rotatable bonds is 21. The summed E-state index contributed by atoms with van der Waals surface area (Å²) in [6, 6.07) is 7.46. The van der Waals surface area contributed by atoms with Gasteiger partial charge in [0.25, 0.3) is 0 Å². The van der Waals surface area contributed by atoms with Crippen LogP contribution in [0.5, 0.6) is 0 Å². The van der Waals surface area contributed by atoms with E-state index in [4.69, 9.17) is 9.47 Å². The Morgan fingerprint density at radius 3 is 2.16 bits per heavy atom. The Kier molecular flexibility index (Phi) is 20.1. The number of nitrogens with zero attached hydrogens (tertiary/aromatic N) is 1. The lowest BCUT2D eigenvalue weighted by Gasteiger charge is -2.29. The van der Waals surface area contributed by atoms with Crippen LogP contribution in [0.3, 0.4) is 0 Å². The van der Waals surface area contributed by atoms with E-state index in [1.165, 1.54) is 0 Å². The summed E-state index contributed by atoms with van der Waals surface area (Å²) in [5.41, 5.74) is 2.08. The SMILES string of the molecule is CC1=C(C)C(=O)C(CCCOC(=O)NCCCC[C@H](NC(=O)[C@@H]2CCCN2C(=O)[C@H](/C=C/[C@H](CC(C)C)NC(=O)OC(C)(C)C)Cc2ccccc2)C(=O)NC(C)C)=C(C)C1=O. The van der Waals surface area contributed by atoms with Crippen molar-refractivity contribution in [1.29, 1.82) is 0 Å². The van der Waals surface area contributed by atoms with Crippen LogP contribution >= 0.6 is 0 Å². The van der Waals surface area contributed by atoms with E-state index in [-0.39, 0.29) is 54.5 Å². The normalized spacial score (nSPS) is 17.4. The number of hydrogen-bond acceptors (Lipinski definition) is 9. The molecule has 4 atom stereocenters. The molecule has 1 aromatic rings. The highest BCUT2D eigenvalue weighted by molar-refractivity contribution is 6.24. The Morgan fingerprint density at radius 1 is 0.839 bits per heavy atom. The van der Waals surface area contributed by atoms with Crippen molar-refractivity contribution in [3.05, 3.63) is 70.3 Å². The number of carbonyl (C=O) groups is 7. The van der Waals surface area contributed by atoms with Crippen LogP contribution in [0.4, 0.5) is 9.59 Å². The Labute approximate surface area is 368 Å². The van der Waals surface area contributed by atoms with Gasteiger partial charge in [0, 0.05) is 41.4 Å². The van der Waals surface area contributed by atoms with E-state index < -0.39 is 41.7 Å². The Balaban J connectivity index is 1.62. The number of unbranched alkanes of at least 4 members (excludes halogenated alkanes) is 1. The monoisotopic (exact) mass is 862 g/mol. The van der Waals surface area contributed by atoms with Crippen LogP contribution in [-0.4, -0.2) is 95.8 Å². The number of nitrogens with one attached hydrogen (secondary N) is 4. The second-order valence-electron chi connectivity index (χ2n) is 18.2. The molecule has 3 rings (SSSR count). The number of amides is 5. The third kappa shape index (κ3) is 16.5. The lowest BCUT2D eigenvalue weighted by molar-refractivity contribution is -0.141. The molecule has 1 fully saturated rings. The maximum absolute atomic E-state index is 14.4. The van der Waals surface area contributed by atoms with E-state index in [2.05, 4.69) is 35.1 Å². The molecule has 342 valence electrons. The van der Waals surface area contributed by atoms with Gasteiger partial charge in [-0.3, -0.25) is 24.0 Å². The largest absolute Gasteiger partial charge is 0.450 e. The summed E-state index contributed by atoms with van der Waals surface area (Å²) in [5.74, 6) is -1.61. The second kappa shape index (κ2) is 24.4. The molecule has 0 saturated carbocycles. The van der Waals surface area contributed by atoms with Gasteiger partial charge in [0.1, 0.15) is 17.7 Å². The van der Waals surface area contributed by atoms with Crippen LogP contribution in [0, 0.1) is 11.8 Å². The fraction of sp³-hybridized carbons (Fsp3) is 0.604. The second-order valence-corrected chi connectivity index (χ2v) is 18.2. The fourth-order valence-corrected chi connectivity index (χ4v) is 7.55. The molecular formula is C48H71N5O9.